The Kier molecular flexibility index (Phi) is 5.21. The van der Waals surface area contributed by atoms with Crippen LogP contribution < -0.4 is 5.32 Å². The summed E-state index contributed by atoms with van der Waals surface area (Å²) < 4.78 is 0.786. The van der Waals surface area contributed by atoms with Crippen molar-refractivity contribution in [2.24, 2.45) is 0 Å². The van der Waals surface area contributed by atoms with Crippen molar-refractivity contribution in [2.45, 2.75) is 19.8 Å². The van der Waals surface area contributed by atoms with Crippen LogP contribution in [0.5, 0.6) is 0 Å². The number of anilines is 1. The fourth-order valence-corrected chi connectivity index (χ4v) is 2.71. The van der Waals surface area contributed by atoms with Gasteiger partial charge in [0.05, 0.1) is 5.69 Å². The van der Waals surface area contributed by atoms with E-state index in [1.54, 1.807) is 18.2 Å². The number of hydrogen-bond donors (Lipinski definition) is 1. The molecule has 4 heteroatoms. The average molecular weight is 353 g/mol. The highest BCUT2D eigenvalue weighted by atomic mass is 79.9. The van der Waals surface area contributed by atoms with Crippen molar-refractivity contribution < 1.29 is 4.79 Å². The van der Waals surface area contributed by atoms with Gasteiger partial charge in [-0.25, -0.2) is 0 Å². The summed E-state index contributed by atoms with van der Waals surface area (Å²) in [5.74, 6) is -0.00507. The van der Waals surface area contributed by atoms with Gasteiger partial charge < -0.3 is 5.32 Å². The maximum Gasteiger partial charge on any atom is 0.224 e. The molecule has 20 heavy (non-hydrogen) atoms. The Hall–Kier alpha value is -1.32. The maximum absolute atomic E-state index is 11.9. The first-order valence-corrected chi connectivity index (χ1v) is 7.52. The number of nitrogens with one attached hydrogen (secondary N) is 1. The van der Waals surface area contributed by atoms with Crippen LogP contribution in [-0.4, -0.2) is 5.91 Å². The predicted molar refractivity (Wildman–Crippen MR) is 87.3 cm³/mol. The van der Waals surface area contributed by atoms with Gasteiger partial charge in [-0.15, -0.1) is 0 Å². The number of carbonyl (C=O) groups excluding carboxylic acids is 1. The van der Waals surface area contributed by atoms with Gasteiger partial charge in [0.25, 0.3) is 0 Å². The van der Waals surface area contributed by atoms with Crippen molar-refractivity contribution in [1.29, 1.82) is 0 Å². The van der Waals surface area contributed by atoms with E-state index in [1.807, 2.05) is 25.1 Å². The lowest BCUT2D eigenvalue weighted by molar-refractivity contribution is -0.116. The molecule has 2 nitrogen and oxygen atoms in total. The van der Waals surface area contributed by atoms with Crippen LogP contribution in [0, 0.1) is 6.92 Å². The van der Waals surface area contributed by atoms with Gasteiger partial charge in [-0.05, 0) is 53.0 Å². The largest absolute Gasteiger partial charge is 0.325 e. The van der Waals surface area contributed by atoms with E-state index in [-0.39, 0.29) is 5.91 Å². The summed E-state index contributed by atoms with van der Waals surface area (Å²) in [5, 5.41) is 3.51. The molecule has 0 spiro atoms. The first-order chi connectivity index (χ1) is 9.54. The second-order valence-electron chi connectivity index (χ2n) is 4.66. The van der Waals surface area contributed by atoms with Crippen LogP contribution >= 0.6 is 27.5 Å². The zero-order chi connectivity index (χ0) is 14.5. The summed E-state index contributed by atoms with van der Waals surface area (Å²) in [6.07, 6.45) is 1.19. The molecule has 0 saturated carbocycles. The van der Waals surface area contributed by atoms with Crippen LogP contribution in [0.25, 0.3) is 0 Å². The van der Waals surface area contributed by atoms with Gasteiger partial charge in [0.1, 0.15) is 0 Å². The Morgan fingerprint density at radius 3 is 2.75 bits per heavy atom. The van der Waals surface area contributed by atoms with E-state index in [1.165, 1.54) is 11.1 Å². The van der Waals surface area contributed by atoms with Crippen molar-refractivity contribution in [3.8, 4) is 0 Å². The Morgan fingerprint density at radius 2 is 2.05 bits per heavy atom. The van der Waals surface area contributed by atoms with Gasteiger partial charge in [-0.3, -0.25) is 4.79 Å². The molecule has 0 radical (unpaired) electrons. The molecule has 2 aromatic rings. The predicted octanol–water partition coefficient (Wildman–Crippen LogP) is 4.98. The molecule has 1 amide bonds. The van der Waals surface area contributed by atoms with Crippen molar-refractivity contribution in [3.63, 3.8) is 0 Å². The Balaban J connectivity index is 1.92. The van der Waals surface area contributed by atoms with Crippen LogP contribution in [0.15, 0.2) is 46.9 Å². The van der Waals surface area contributed by atoms with Gasteiger partial charge in [0.2, 0.25) is 5.91 Å². The lowest BCUT2D eigenvalue weighted by Crippen LogP contribution is -2.12. The molecule has 0 aliphatic carbocycles. The second-order valence-corrected chi connectivity index (χ2v) is 5.95. The number of aryl methyl sites for hydroxylation is 2. The number of amides is 1. The highest BCUT2D eigenvalue weighted by Gasteiger charge is 2.06. The summed E-state index contributed by atoms with van der Waals surface area (Å²) in [6.45, 7) is 2.05. The lowest BCUT2D eigenvalue weighted by Gasteiger charge is -2.08. The number of carbonyl (C=O) groups is 1. The van der Waals surface area contributed by atoms with Crippen LogP contribution in [-0.2, 0) is 11.2 Å². The number of hydrogen-bond acceptors (Lipinski definition) is 1. The van der Waals surface area contributed by atoms with Gasteiger partial charge in [-0.1, -0.05) is 41.4 Å². The summed E-state index contributed by atoms with van der Waals surface area (Å²) in [7, 11) is 0. The number of rotatable bonds is 4. The summed E-state index contributed by atoms with van der Waals surface area (Å²) in [6, 6.07) is 13.5. The number of benzene rings is 2. The third-order valence-electron chi connectivity index (χ3n) is 2.93. The zero-order valence-corrected chi connectivity index (χ0v) is 13.5. The average Bonchev–Trinajstić information content (AvgIpc) is 2.40. The molecule has 0 aliphatic heterocycles. The summed E-state index contributed by atoms with van der Waals surface area (Å²) in [5.41, 5.74) is 3.13. The molecule has 0 saturated heterocycles. The lowest BCUT2D eigenvalue weighted by atomic mass is 10.1. The van der Waals surface area contributed by atoms with Crippen LogP contribution in [0.4, 0.5) is 5.69 Å². The minimum absolute atomic E-state index is 0.00507. The molecule has 2 aromatic carbocycles. The van der Waals surface area contributed by atoms with Gasteiger partial charge in [0.15, 0.2) is 0 Å². The third kappa shape index (κ3) is 4.36. The monoisotopic (exact) mass is 351 g/mol. The summed E-state index contributed by atoms with van der Waals surface area (Å²) in [4.78, 5) is 11.9. The second kappa shape index (κ2) is 6.91. The smallest absolute Gasteiger partial charge is 0.224 e. The standard InChI is InChI=1S/C16H15BrClNO/c1-11-3-2-4-12(9-11)5-8-16(20)19-15-7-6-13(18)10-14(15)17/h2-4,6-7,9-10H,5,8H2,1H3,(H,19,20). The molecular weight excluding hydrogens is 338 g/mol. The van der Waals surface area contributed by atoms with Crippen LogP contribution in [0.2, 0.25) is 5.02 Å². The van der Waals surface area contributed by atoms with Gasteiger partial charge >= 0.3 is 0 Å². The fourth-order valence-electron chi connectivity index (χ4n) is 1.93. The van der Waals surface area contributed by atoms with Gasteiger partial charge in [0, 0.05) is 15.9 Å². The first kappa shape index (κ1) is 15.1. The van der Waals surface area contributed by atoms with E-state index in [2.05, 4.69) is 27.3 Å². The molecular formula is C16H15BrClNO. The minimum atomic E-state index is -0.00507. The highest BCUT2D eigenvalue weighted by Crippen LogP contribution is 2.26. The minimum Gasteiger partial charge on any atom is -0.325 e. The Labute approximate surface area is 132 Å². The van der Waals surface area contributed by atoms with E-state index >= 15 is 0 Å². The molecule has 1 N–H and O–H groups in total. The van der Waals surface area contributed by atoms with Crippen molar-refractivity contribution in [1.82, 2.24) is 0 Å². The first-order valence-electron chi connectivity index (χ1n) is 6.35. The van der Waals surface area contributed by atoms with Crippen molar-refractivity contribution >= 4 is 39.1 Å². The molecule has 0 heterocycles. The van der Waals surface area contributed by atoms with E-state index in [0.29, 0.717) is 11.4 Å². The normalized spacial score (nSPS) is 10.3. The quantitative estimate of drug-likeness (QED) is 0.826. The molecule has 2 rings (SSSR count). The molecule has 0 aliphatic rings. The van der Waals surface area contributed by atoms with E-state index < -0.39 is 0 Å². The SMILES string of the molecule is Cc1cccc(CCC(=O)Nc2ccc(Cl)cc2Br)c1. The highest BCUT2D eigenvalue weighted by molar-refractivity contribution is 9.10. The van der Waals surface area contributed by atoms with E-state index in [0.717, 1.165) is 16.6 Å². The maximum atomic E-state index is 11.9. The molecule has 0 fully saturated rings. The van der Waals surface area contributed by atoms with Crippen LogP contribution in [0.3, 0.4) is 0 Å². The van der Waals surface area contributed by atoms with Crippen molar-refractivity contribution in [2.75, 3.05) is 5.32 Å². The molecule has 0 unspecified atom stereocenters. The Bertz CT molecular complexity index is 628. The van der Waals surface area contributed by atoms with Gasteiger partial charge in [-0.2, -0.15) is 0 Å². The van der Waals surface area contributed by atoms with Crippen molar-refractivity contribution in [3.05, 3.63) is 63.1 Å². The molecule has 0 atom stereocenters. The molecule has 104 valence electrons. The number of halogens is 2. The topological polar surface area (TPSA) is 29.1 Å². The summed E-state index contributed by atoms with van der Waals surface area (Å²) >= 11 is 9.25. The van der Waals surface area contributed by atoms with Crippen LogP contribution in [0.1, 0.15) is 17.5 Å². The molecule has 0 aromatic heterocycles. The fraction of sp³-hybridized carbons (Fsp3) is 0.188. The Morgan fingerprint density at radius 1 is 1.25 bits per heavy atom. The van der Waals surface area contributed by atoms with E-state index in [4.69, 9.17) is 11.6 Å². The molecule has 0 bridgehead atoms. The van der Waals surface area contributed by atoms with E-state index in [9.17, 15) is 4.79 Å². The third-order valence-corrected chi connectivity index (χ3v) is 3.82. The zero-order valence-electron chi connectivity index (χ0n) is 11.1.